The monoisotopic (exact) mass is 420 g/mol. The Labute approximate surface area is 156 Å². The maximum Gasteiger partial charge on any atom is 0.269 e. The summed E-state index contributed by atoms with van der Waals surface area (Å²) >= 11 is 8.53. The summed E-state index contributed by atoms with van der Waals surface area (Å²) in [6.45, 7) is 0. The topological polar surface area (TPSA) is 73.3 Å². The molecule has 0 aliphatic carbocycles. The standard InChI is InChI=1S/C17H13BrN2O4S/c1-23-13-6-3-9(7-14(13)24-2)15(21)20-16(22)11-8-10(18)4-5-12(11)19-17(20)25/h3-8H,1-2H3,(H,19,25). The predicted octanol–water partition coefficient (Wildman–Crippen LogP) is 3.53. The van der Waals surface area contributed by atoms with E-state index in [-0.39, 0.29) is 10.3 Å². The zero-order valence-electron chi connectivity index (χ0n) is 13.3. The molecular formula is C17H13BrN2O4S. The van der Waals surface area contributed by atoms with E-state index in [0.717, 1.165) is 9.04 Å². The number of aromatic amines is 1. The van der Waals surface area contributed by atoms with Crippen molar-refractivity contribution in [3.05, 3.63) is 61.6 Å². The number of halogens is 1. The molecule has 1 aromatic heterocycles. The number of methoxy groups -OCH3 is 2. The van der Waals surface area contributed by atoms with E-state index in [1.54, 1.807) is 30.3 Å². The van der Waals surface area contributed by atoms with E-state index in [1.807, 2.05) is 0 Å². The minimum Gasteiger partial charge on any atom is -0.493 e. The van der Waals surface area contributed by atoms with Gasteiger partial charge in [0.15, 0.2) is 16.3 Å². The van der Waals surface area contributed by atoms with E-state index >= 15 is 0 Å². The second-order valence-electron chi connectivity index (χ2n) is 5.14. The second-order valence-corrected chi connectivity index (χ2v) is 6.44. The number of benzene rings is 2. The number of hydrogen-bond acceptors (Lipinski definition) is 5. The van der Waals surface area contributed by atoms with Crippen LogP contribution in [0.1, 0.15) is 10.4 Å². The minimum atomic E-state index is -0.547. The fraction of sp³-hybridized carbons (Fsp3) is 0.118. The summed E-state index contributed by atoms with van der Waals surface area (Å²) in [5.74, 6) is 0.327. The van der Waals surface area contributed by atoms with E-state index in [2.05, 4.69) is 20.9 Å². The average Bonchev–Trinajstić information content (AvgIpc) is 2.61. The molecule has 0 atom stereocenters. The highest BCUT2D eigenvalue weighted by Crippen LogP contribution is 2.27. The number of rotatable bonds is 3. The molecule has 0 aliphatic rings. The zero-order valence-corrected chi connectivity index (χ0v) is 15.7. The van der Waals surface area contributed by atoms with Crippen LogP contribution in [-0.4, -0.2) is 29.7 Å². The number of ether oxygens (including phenoxy) is 2. The molecule has 2 aromatic carbocycles. The molecule has 0 aliphatic heterocycles. The van der Waals surface area contributed by atoms with Gasteiger partial charge >= 0.3 is 0 Å². The summed E-state index contributed by atoms with van der Waals surface area (Å²) in [7, 11) is 2.97. The van der Waals surface area contributed by atoms with E-state index in [4.69, 9.17) is 21.7 Å². The van der Waals surface area contributed by atoms with Crippen molar-refractivity contribution in [3.63, 3.8) is 0 Å². The molecule has 0 radical (unpaired) electrons. The number of nitrogens with one attached hydrogen (secondary N) is 1. The van der Waals surface area contributed by atoms with E-state index < -0.39 is 11.5 Å². The van der Waals surface area contributed by atoms with Crippen LogP contribution in [0.4, 0.5) is 0 Å². The van der Waals surface area contributed by atoms with Crippen molar-refractivity contribution in [2.45, 2.75) is 0 Å². The molecule has 128 valence electrons. The van der Waals surface area contributed by atoms with Gasteiger partial charge in [0.25, 0.3) is 11.5 Å². The third-order valence-electron chi connectivity index (χ3n) is 3.69. The number of aromatic nitrogens is 2. The van der Waals surface area contributed by atoms with Crippen LogP contribution in [0.2, 0.25) is 0 Å². The van der Waals surface area contributed by atoms with Crippen molar-refractivity contribution in [2.24, 2.45) is 0 Å². The second kappa shape index (κ2) is 6.81. The van der Waals surface area contributed by atoms with Crippen LogP contribution in [0.15, 0.2) is 45.7 Å². The zero-order chi connectivity index (χ0) is 18.1. The number of fused-ring (bicyclic) bond motifs is 1. The largest absolute Gasteiger partial charge is 0.493 e. The van der Waals surface area contributed by atoms with Crippen LogP contribution < -0.4 is 15.0 Å². The van der Waals surface area contributed by atoms with Gasteiger partial charge in [0.1, 0.15) is 0 Å². The Morgan fingerprint density at radius 3 is 2.52 bits per heavy atom. The number of nitrogens with zero attached hydrogens (tertiary/aromatic N) is 1. The third kappa shape index (κ3) is 3.10. The molecule has 1 N–H and O–H groups in total. The van der Waals surface area contributed by atoms with Gasteiger partial charge in [-0.15, -0.1) is 0 Å². The number of H-pyrrole nitrogens is 1. The summed E-state index contributed by atoms with van der Waals surface area (Å²) < 4.78 is 12.1. The molecular weight excluding hydrogens is 408 g/mol. The number of carbonyl (C=O) groups excluding carboxylic acids is 1. The van der Waals surface area contributed by atoms with Gasteiger partial charge in [-0.3, -0.25) is 9.59 Å². The highest BCUT2D eigenvalue weighted by molar-refractivity contribution is 9.10. The Bertz CT molecular complexity index is 1100. The number of hydrogen-bond donors (Lipinski definition) is 1. The first-order valence-electron chi connectivity index (χ1n) is 7.17. The van der Waals surface area contributed by atoms with Crippen LogP contribution >= 0.6 is 28.1 Å². The summed E-state index contributed by atoms with van der Waals surface area (Å²) in [6.07, 6.45) is 0. The maximum absolute atomic E-state index is 12.9. The molecule has 0 saturated heterocycles. The van der Waals surface area contributed by atoms with Gasteiger partial charge in [-0.05, 0) is 48.6 Å². The van der Waals surface area contributed by atoms with E-state index in [1.165, 1.54) is 20.3 Å². The molecule has 3 aromatic rings. The van der Waals surface area contributed by atoms with Crippen molar-refractivity contribution < 1.29 is 14.3 Å². The van der Waals surface area contributed by atoms with Crippen LogP contribution in [0.5, 0.6) is 11.5 Å². The van der Waals surface area contributed by atoms with Crippen molar-refractivity contribution in [1.29, 1.82) is 0 Å². The smallest absolute Gasteiger partial charge is 0.269 e. The molecule has 1 heterocycles. The van der Waals surface area contributed by atoms with Crippen LogP contribution in [0, 0.1) is 4.77 Å². The molecule has 0 fully saturated rings. The summed E-state index contributed by atoms with van der Waals surface area (Å²) in [5, 5.41) is 0.358. The van der Waals surface area contributed by atoms with Crippen LogP contribution in [0.25, 0.3) is 10.9 Å². The Morgan fingerprint density at radius 2 is 1.84 bits per heavy atom. The van der Waals surface area contributed by atoms with Gasteiger partial charge in [0, 0.05) is 10.0 Å². The van der Waals surface area contributed by atoms with Gasteiger partial charge in [0.05, 0.1) is 25.1 Å². The first-order valence-corrected chi connectivity index (χ1v) is 8.37. The first kappa shape index (κ1) is 17.4. The predicted molar refractivity (Wildman–Crippen MR) is 100 cm³/mol. The lowest BCUT2D eigenvalue weighted by Crippen LogP contribution is -2.29. The molecule has 0 amide bonds. The Hall–Kier alpha value is -2.45. The molecule has 8 heteroatoms. The number of carbonyl (C=O) groups is 1. The summed E-state index contributed by atoms with van der Waals surface area (Å²) in [6, 6.07) is 9.81. The lowest BCUT2D eigenvalue weighted by molar-refractivity contribution is 0.0953. The first-order chi connectivity index (χ1) is 12.0. The molecule has 3 rings (SSSR count). The highest BCUT2D eigenvalue weighted by atomic mass is 79.9. The maximum atomic E-state index is 12.9. The molecule has 25 heavy (non-hydrogen) atoms. The SMILES string of the molecule is COc1ccc(C(=O)n2c(=S)[nH]c3ccc(Br)cc3c2=O)cc1OC. The molecule has 0 bridgehead atoms. The van der Waals surface area contributed by atoms with Gasteiger partial charge in [-0.1, -0.05) is 15.9 Å². The van der Waals surface area contributed by atoms with Gasteiger partial charge in [-0.2, -0.15) is 0 Å². The quantitative estimate of drug-likeness (QED) is 0.656. The minimum absolute atomic E-state index is 0.0274. The average molecular weight is 421 g/mol. The highest BCUT2D eigenvalue weighted by Gasteiger charge is 2.17. The van der Waals surface area contributed by atoms with Gasteiger partial charge in [0.2, 0.25) is 0 Å². The van der Waals surface area contributed by atoms with Gasteiger partial charge < -0.3 is 14.5 Å². The fourth-order valence-corrected chi connectivity index (χ4v) is 3.11. The Morgan fingerprint density at radius 1 is 1.12 bits per heavy atom. The molecule has 0 unspecified atom stereocenters. The summed E-state index contributed by atoms with van der Waals surface area (Å²) in [4.78, 5) is 28.5. The normalized spacial score (nSPS) is 10.7. The molecule has 6 nitrogen and oxygen atoms in total. The van der Waals surface area contributed by atoms with E-state index in [0.29, 0.717) is 22.4 Å². The molecule has 0 spiro atoms. The lowest BCUT2D eigenvalue weighted by Gasteiger charge is -2.10. The van der Waals surface area contributed by atoms with Crippen molar-refractivity contribution in [3.8, 4) is 11.5 Å². The summed E-state index contributed by atoms with van der Waals surface area (Å²) in [5.41, 5.74) is 0.336. The molecule has 0 saturated carbocycles. The Kier molecular flexibility index (Phi) is 4.73. The van der Waals surface area contributed by atoms with Crippen molar-refractivity contribution in [2.75, 3.05) is 14.2 Å². The Balaban J connectivity index is 2.21. The van der Waals surface area contributed by atoms with E-state index in [9.17, 15) is 9.59 Å². The van der Waals surface area contributed by atoms with Crippen LogP contribution in [0.3, 0.4) is 0 Å². The van der Waals surface area contributed by atoms with Gasteiger partial charge in [-0.25, -0.2) is 4.57 Å². The third-order valence-corrected chi connectivity index (χ3v) is 4.47. The lowest BCUT2D eigenvalue weighted by atomic mass is 10.2. The fourth-order valence-electron chi connectivity index (χ4n) is 2.47. The van der Waals surface area contributed by atoms with Crippen molar-refractivity contribution >= 4 is 45.0 Å². The van der Waals surface area contributed by atoms with Crippen molar-refractivity contribution in [1.82, 2.24) is 9.55 Å². The van der Waals surface area contributed by atoms with Crippen LogP contribution in [-0.2, 0) is 0 Å².